The van der Waals surface area contributed by atoms with Crippen molar-refractivity contribution in [2.45, 2.75) is 38.1 Å². The molecule has 0 saturated carbocycles. The molecule has 172 valence electrons. The number of alkyl halides is 3. The van der Waals surface area contributed by atoms with Gasteiger partial charge in [0.2, 0.25) is 6.29 Å². The van der Waals surface area contributed by atoms with Crippen LogP contribution in [0, 0.1) is 5.92 Å². The first kappa shape index (κ1) is 23.6. The Morgan fingerprint density at radius 1 is 1.23 bits per heavy atom. The average molecular weight is 443 g/mol. The van der Waals surface area contributed by atoms with Crippen LogP contribution >= 0.6 is 0 Å². The molecule has 1 fully saturated rings. The normalized spacial score (nSPS) is 24.5. The molecule has 31 heavy (non-hydrogen) atoms. The van der Waals surface area contributed by atoms with Gasteiger partial charge in [-0.05, 0) is 43.5 Å². The average Bonchev–Trinajstić information content (AvgIpc) is 2.77. The quantitative estimate of drug-likeness (QED) is 0.700. The van der Waals surface area contributed by atoms with Gasteiger partial charge in [0, 0.05) is 38.1 Å². The van der Waals surface area contributed by atoms with Crippen LogP contribution in [0.5, 0.6) is 0 Å². The van der Waals surface area contributed by atoms with Gasteiger partial charge in [-0.3, -0.25) is 4.79 Å². The summed E-state index contributed by atoms with van der Waals surface area (Å²) in [6.07, 6.45) is -2.48. The second kappa shape index (κ2) is 10.5. The lowest BCUT2D eigenvalue weighted by molar-refractivity contribution is -0.171. The molecule has 2 aliphatic heterocycles. The van der Waals surface area contributed by atoms with Crippen LogP contribution in [0.3, 0.4) is 0 Å². The molecule has 0 radical (unpaired) electrons. The molecule has 1 aromatic carbocycles. The number of ether oxygens (including phenoxy) is 3. The zero-order valence-corrected chi connectivity index (χ0v) is 17.4. The maximum absolute atomic E-state index is 13.0. The predicted octanol–water partition coefficient (Wildman–Crippen LogP) is 3.31. The highest BCUT2D eigenvalue weighted by Gasteiger charge is 2.39. The van der Waals surface area contributed by atoms with Crippen LogP contribution in [0.4, 0.5) is 13.2 Å². The molecule has 1 saturated heterocycles. The highest BCUT2D eigenvalue weighted by molar-refractivity contribution is 5.92. The summed E-state index contributed by atoms with van der Waals surface area (Å²) in [5.41, 5.74) is -0.0959. The number of nitrogens with zero attached hydrogens (tertiary/aromatic N) is 1. The third-order valence-electron chi connectivity index (χ3n) is 5.54. The fraction of sp³-hybridized carbons (Fsp3) is 0.591. The summed E-state index contributed by atoms with van der Waals surface area (Å²) in [6, 6.07) is 4.95. The minimum absolute atomic E-state index is 0.0294. The van der Waals surface area contributed by atoms with Crippen LogP contribution in [0.2, 0.25) is 0 Å². The minimum atomic E-state index is -4.42. The van der Waals surface area contributed by atoms with Crippen molar-refractivity contribution in [1.82, 2.24) is 4.90 Å². The van der Waals surface area contributed by atoms with E-state index in [9.17, 15) is 23.1 Å². The SMILES string of the molecule is CCO[C@H]1OC(C(=O)N2CCOCC2)=C[C@@H](c2ccc(C(F)(F)F)cc2)[C@@H]1CCCO. The van der Waals surface area contributed by atoms with Gasteiger partial charge in [0.05, 0.1) is 18.8 Å². The Labute approximate surface area is 179 Å². The van der Waals surface area contributed by atoms with E-state index < -0.39 is 18.0 Å². The van der Waals surface area contributed by atoms with Gasteiger partial charge < -0.3 is 24.2 Å². The standard InChI is InChI=1S/C22H28F3NO5/c1-2-30-21-17(4-3-11-27)18(15-5-7-16(8-6-15)22(23,24)25)14-19(31-21)20(28)26-9-12-29-13-10-26/h5-8,14,17-18,21,27H,2-4,9-13H2,1H3/t17-,18-,21-/m0/s1. The number of hydrogen-bond donors (Lipinski definition) is 1. The van der Waals surface area contributed by atoms with Crippen LogP contribution in [-0.2, 0) is 25.2 Å². The molecule has 9 heteroatoms. The molecule has 2 aliphatic rings. The van der Waals surface area contributed by atoms with Crippen molar-refractivity contribution in [3.8, 4) is 0 Å². The highest BCUT2D eigenvalue weighted by Crippen LogP contribution is 2.40. The Bertz CT molecular complexity index is 759. The van der Waals surface area contributed by atoms with Crippen LogP contribution in [0.25, 0.3) is 0 Å². The van der Waals surface area contributed by atoms with E-state index in [0.717, 1.165) is 12.1 Å². The van der Waals surface area contributed by atoms with Crippen LogP contribution in [-0.4, -0.2) is 61.7 Å². The summed E-state index contributed by atoms with van der Waals surface area (Å²) in [6.45, 7) is 3.89. The smallest absolute Gasteiger partial charge is 0.416 e. The number of amides is 1. The molecule has 6 nitrogen and oxygen atoms in total. The Balaban J connectivity index is 1.95. The third kappa shape index (κ3) is 5.78. The summed E-state index contributed by atoms with van der Waals surface area (Å²) in [5, 5.41) is 9.31. The fourth-order valence-corrected chi connectivity index (χ4v) is 3.95. The molecule has 0 aliphatic carbocycles. The molecule has 3 rings (SSSR count). The Hall–Kier alpha value is -2.10. The summed E-state index contributed by atoms with van der Waals surface area (Å²) < 4.78 is 56.0. The second-order valence-electron chi connectivity index (χ2n) is 7.55. The Morgan fingerprint density at radius 2 is 1.90 bits per heavy atom. The number of benzene rings is 1. The molecule has 0 bridgehead atoms. The van der Waals surface area contributed by atoms with Crippen LogP contribution in [0.15, 0.2) is 36.1 Å². The largest absolute Gasteiger partial charge is 0.459 e. The van der Waals surface area contributed by atoms with Gasteiger partial charge in [-0.1, -0.05) is 12.1 Å². The zero-order valence-electron chi connectivity index (χ0n) is 17.4. The summed E-state index contributed by atoms with van der Waals surface area (Å²) >= 11 is 0. The first-order valence-electron chi connectivity index (χ1n) is 10.5. The van der Waals surface area contributed by atoms with E-state index in [4.69, 9.17) is 14.2 Å². The van der Waals surface area contributed by atoms with Crippen molar-refractivity contribution in [3.63, 3.8) is 0 Å². The number of allylic oxidation sites excluding steroid dienone is 1. The number of aliphatic hydroxyl groups is 1. The van der Waals surface area contributed by atoms with Gasteiger partial charge in [0.15, 0.2) is 5.76 Å². The second-order valence-corrected chi connectivity index (χ2v) is 7.55. The minimum Gasteiger partial charge on any atom is -0.459 e. The molecule has 1 amide bonds. The summed E-state index contributed by atoms with van der Waals surface area (Å²) in [7, 11) is 0. The van der Waals surface area contributed by atoms with Gasteiger partial charge in [0.1, 0.15) is 0 Å². The van der Waals surface area contributed by atoms with Gasteiger partial charge in [0.25, 0.3) is 5.91 Å². The number of halogens is 3. The molecule has 0 aromatic heterocycles. The lowest BCUT2D eigenvalue weighted by Crippen LogP contribution is -2.44. The summed E-state index contributed by atoms with van der Waals surface area (Å²) in [4.78, 5) is 14.7. The lowest BCUT2D eigenvalue weighted by atomic mass is 9.80. The summed E-state index contributed by atoms with van der Waals surface area (Å²) in [5.74, 6) is -0.805. The van der Waals surface area contributed by atoms with E-state index in [-0.39, 0.29) is 30.1 Å². The molecular formula is C22H28F3NO5. The van der Waals surface area contributed by atoms with Crippen LogP contribution < -0.4 is 0 Å². The maximum atomic E-state index is 13.0. The van der Waals surface area contributed by atoms with E-state index in [1.165, 1.54) is 12.1 Å². The highest BCUT2D eigenvalue weighted by atomic mass is 19.4. The monoisotopic (exact) mass is 443 g/mol. The van der Waals surface area contributed by atoms with Crippen molar-refractivity contribution >= 4 is 5.91 Å². The maximum Gasteiger partial charge on any atom is 0.416 e. The molecule has 3 atom stereocenters. The molecule has 2 heterocycles. The molecule has 1 aromatic rings. The molecule has 1 N–H and O–H groups in total. The van der Waals surface area contributed by atoms with Crippen molar-refractivity contribution in [2.75, 3.05) is 39.5 Å². The van der Waals surface area contributed by atoms with E-state index in [1.807, 2.05) is 0 Å². The number of aliphatic hydroxyl groups excluding tert-OH is 1. The molecule has 0 unspecified atom stereocenters. The lowest BCUT2D eigenvalue weighted by Gasteiger charge is -2.38. The Morgan fingerprint density at radius 3 is 2.48 bits per heavy atom. The van der Waals surface area contributed by atoms with Gasteiger partial charge in [-0.2, -0.15) is 13.2 Å². The molecule has 0 spiro atoms. The zero-order chi connectivity index (χ0) is 22.4. The van der Waals surface area contributed by atoms with E-state index in [0.29, 0.717) is 51.3 Å². The Kier molecular flexibility index (Phi) is 7.96. The number of carbonyl (C=O) groups excluding carboxylic acids is 1. The fourth-order valence-electron chi connectivity index (χ4n) is 3.95. The van der Waals surface area contributed by atoms with E-state index in [1.54, 1.807) is 17.9 Å². The van der Waals surface area contributed by atoms with Crippen molar-refractivity contribution < 1.29 is 37.3 Å². The number of hydrogen-bond acceptors (Lipinski definition) is 5. The molecular weight excluding hydrogens is 415 g/mol. The van der Waals surface area contributed by atoms with E-state index in [2.05, 4.69) is 0 Å². The topological polar surface area (TPSA) is 68.2 Å². The van der Waals surface area contributed by atoms with Crippen LogP contribution in [0.1, 0.15) is 36.8 Å². The van der Waals surface area contributed by atoms with Crippen molar-refractivity contribution in [3.05, 3.63) is 47.2 Å². The number of rotatable bonds is 7. The number of morpholine rings is 1. The number of carbonyl (C=O) groups is 1. The van der Waals surface area contributed by atoms with Gasteiger partial charge in [-0.15, -0.1) is 0 Å². The predicted molar refractivity (Wildman–Crippen MR) is 106 cm³/mol. The third-order valence-corrected chi connectivity index (χ3v) is 5.54. The van der Waals surface area contributed by atoms with E-state index >= 15 is 0 Å². The van der Waals surface area contributed by atoms with Gasteiger partial charge >= 0.3 is 6.18 Å². The first-order chi connectivity index (χ1) is 14.8. The van der Waals surface area contributed by atoms with Crippen molar-refractivity contribution in [1.29, 1.82) is 0 Å². The van der Waals surface area contributed by atoms with Crippen molar-refractivity contribution in [2.24, 2.45) is 5.92 Å². The first-order valence-corrected chi connectivity index (χ1v) is 10.5. The van der Waals surface area contributed by atoms with Gasteiger partial charge in [-0.25, -0.2) is 0 Å².